The van der Waals surface area contributed by atoms with E-state index in [9.17, 15) is 10.4 Å². The van der Waals surface area contributed by atoms with Crippen molar-refractivity contribution in [3.63, 3.8) is 0 Å². The molecule has 0 aromatic heterocycles. The molecule has 0 saturated carbocycles. The minimum Gasteiger partial charge on any atom is -0.618 e. The van der Waals surface area contributed by atoms with Gasteiger partial charge in [0.05, 0.1) is 11.8 Å². The van der Waals surface area contributed by atoms with Crippen LogP contribution in [0.25, 0.3) is 0 Å². The molecule has 2 rings (SSSR count). The highest BCUT2D eigenvalue weighted by Crippen LogP contribution is 2.10. The summed E-state index contributed by atoms with van der Waals surface area (Å²) in [5.41, 5.74) is 5.82. The molecule has 1 unspecified atom stereocenters. The SMILES string of the molecule is COC1(N)N(OCCCO)[N+]([O-])=c2ccccc2=[N+]1[O-]. The summed E-state index contributed by atoms with van der Waals surface area (Å²) >= 11 is 0. The van der Waals surface area contributed by atoms with Gasteiger partial charge < -0.3 is 15.5 Å². The van der Waals surface area contributed by atoms with E-state index in [-0.39, 0.29) is 30.3 Å². The van der Waals surface area contributed by atoms with Crippen LogP contribution in [-0.2, 0) is 9.57 Å². The molecule has 0 amide bonds. The topological polar surface area (TPSA) is 120 Å². The molecule has 0 saturated heterocycles. The van der Waals surface area contributed by atoms with Crippen LogP contribution in [0.4, 0.5) is 0 Å². The zero-order chi connectivity index (χ0) is 14.8. The number of para-hydroxylation sites is 2. The molecule has 0 aliphatic carbocycles. The molecule has 1 aliphatic rings. The van der Waals surface area contributed by atoms with Gasteiger partial charge in [0, 0.05) is 25.8 Å². The molecule has 1 aromatic carbocycles. The van der Waals surface area contributed by atoms with E-state index in [1.165, 1.54) is 19.2 Å². The number of nitrogens with zero attached hydrogens (tertiary/aromatic N) is 3. The first-order valence-corrected chi connectivity index (χ1v) is 5.98. The molecule has 9 heteroatoms. The lowest BCUT2D eigenvalue weighted by Gasteiger charge is -2.33. The fourth-order valence-corrected chi connectivity index (χ4v) is 1.80. The van der Waals surface area contributed by atoms with Crippen LogP contribution in [0.5, 0.6) is 0 Å². The largest absolute Gasteiger partial charge is 0.618 e. The number of ether oxygens (including phenoxy) is 1. The number of benzene rings is 1. The number of aliphatic hydroxyl groups excluding tert-OH is 1. The number of methoxy groups -OCH3 is 1. The molecule has 9 nitrogen and oxygen atoms in total. The van der Waals surface area contributed by atoms with Gasteiger partial charge in [-0.3, -0.25) is 4.74 Å². The van der Waals surface area contributed by atoms with E-state index in [1.54, 1.807) is 12.1 Å². The molecular weight excluding hydrogens is 268 g/mol. The van der Waals surface area contributed by atoms with Crippen molar-refractivity contribution < 1.29 is 14.7 Å². The Bertz CT molecular complexity index is 607. The number of aliphatic hydroxyl groups is 1. The number of rotatable bonds is 5. The van der Waals surface area contributed by atoms with Crippen molar-refractivity contribution in [3.05, 3.63) is 45.4 Å². The predicted molar refractivity (Wildman–Crippen MR) is 68.3 cm³/mol. The minimum absolute atomic E-state index is 0.00750. The standard InChI is InChI=1S/C11H16N4O5/c1-19-11(12)13(17)9-5-2-3-6-10(9)14(18)15(11)20-8-4-7-16/h2-3,5-6,16H,4,7-8,12H2,1H3. The number of hydrogen-bond acceptors (Lipinski definition) is 7. The summed E-state index contributed by atoms with van der Waals surface area (Å²) in [6.07, 6.45) is 0.282. The van der Waals surface area contributed by atoms with Crippen molar-refractivity contribution in [1.82, 2.24) is 14.8 Å². The van der Waals surface area contributed by atoms with Crippen LogP contribution in [0.1, 0.15) is 6.42 Å². The maximum Gasteiger partial charge on any atom is 0.501 e. The lowest BCUT2D eigenvalue weighted by atomic mass is 10.3. The van der Waals surface area contributed by atoms with Crippen molar-refractivity contribution in [3.8, 4) is 0 Å². The Labute approximate surface area is 114 Å². The summed E-state index contributed by atoms with van der Waals surface area (Å²) in [6.45, 7) is -0.109. The van der Waals surface area contributed by atoms with Crippen LogP contribution in [0, 0.1) is 10.4 Å². The Balaban J connectivity index is 2.55. The third-order valence-electron chi connectivity index (χ3n) is 2.85. The van der Waals surface area contributed by atoms with Crippen molar-refractivity contribution in [2.45, 2.75) is 12.4 Å². The van der Waals surface area contributed by atoms with Crippen molar-refractivity contribution in [2.24, 2.45) is 5.73 Å². The van der Waals surface area contributed by atoms with E-state index in [0.717, 1.165) is 0 Å². The van der Waals surface area contributed by atoms with Crippen molar-refractivity contribution in [2.75, 3.05) is 20.3 Å². The molecule has 1 aliphatic heterocycles. The first kappa shape index (κ1) is 14.5. The number of hydrazine groups is 1. The molecule has 0 spiro atoms. The predicted octanol–water partition coefficient (Wildman–Crippen LogP) is -2.57. The van der Waals surface area contributed by atoms with Gasteiger partial charge in [-0.15, -0.1) is 4.74 Å². The van der Waals surface area contributed by atoms with Gasteiger partial charge in [0.15, 0.2) is 0 Å². The van der Waals surface area contributed by atoms with E-state index in [4.69, 9.17) is 20.4 Å². The smallest absolute Gasteiger partial charge is 0.501 e. The summed E-state index contributed by atoms with van der Waals surface area (Å²) < 4.78 is 5.31. The minimum atomic E-state index is -2.12. The van der Waals surface area contributed by atoms with Gasteiger partial charge >= 0.3 is 11.3 Å². The van der Waals surface area contributed by atoms with E-state index in [2.05, 4.69) is 0 Å². The van der Waals surface area contributed by atoms with E-state index < -0.39 is 5.97 Å². The van der Waals surface area contributed by atoms with Crippen LogP contribution in [0.2, 0.25) is 0 Å². The summed E-state index contributed by atoms with van der Waals surface area (Å²) in [6, 6.07) is 6.14. The Morgan fingerprint density at radius 1 is 1.35 bits per heavy atom. The van der Waals surface area contributed by atoms with Gasteiger partial charge in [-0.1, -0.05) is 12.1 Å². The zero-order valence-corrected chi connectivity index (χ0v) is 10.9. The fourth-order valence-electron chi connectivity index (χ4n) is 1.80. The first-order chi connectivity index (χ1) is 9.56. The maximum absolute atomic E-state index is 12.3. The molecule has 1 aromatic rings. The van der Waals surface area contributed by atoms with E-state index in [1.807, 2.05) is 0 Å². The van der Waals surface area contributed by atoms with Crippen molar-refractivity contribution in [1.29, 1.82) is 0 Å². The molecule has 0 fully saturated rings. The quantitative estimate of drug-likeness (QED) is 0.264. The first-order valence-electron chi connectivity index (χ1n) is 5.98. The summed E-state index contributed by atoms with van der Waals surface area (Å²) in [5, 5.41) is 34.1. The summed E-state index contributed by atoms with van der Waals surface area (Å²) in [7, 11) is 1.19. The molecule has 0 radical (unpaired) electrons. The molecule has 3 N–H and O–H groups in total. The number of hydroxylamine groups is 2. The molecule has 110 valence electrons. The van der Waals surface area contributed by atoms with Gasteiger partial charge in [0.1, 0.15) is 0 Å². The monoisotopic (exact) mass is 284 g/mol. The molecule has 1 heterocycles. The second-order valence-corrected chi connectivity index (χ2v) is 4.10. The average molecular weight is 284 g/mol. The summed E-state index contributed by atoms with van der Waals surface area (Å²) in [4.78, 5) is 5.52. The normalized spacial score (nSPS) is 22.1. The van der Waals surface area contributed by atoms with E-state index >= 15 is 0 Å². The lowest BCUT2D eigenvalue weighted by Crippen LogP contribution is -2.76. The lowest BCUT2D eigenvalue weighted by molar-refractivity contribution is -0.353. The van der Waals surface area contributed by atoms with Crippen LogP contribution in [0.15, 0.2) is 24.3 Å². The Morgan fingerprint density at radius 3 is 2.60 bits per heavy atom. The highest BCUT2D eigenvalue weighted by atomic mass is 16.8. The second-order valence-electron chi connectivity index (χ2n) is 4.10. The average Bonchev–Trinajstić information content (AvgIpc) is 2.48. The Kier molecular flexibility index (Phi) is 4.04. The van der Waals surface area contributed by atoms with Crippen LogP contribution in [0.3, 0.4) is 0 Å². The van der Waals surface area contributed by atoms with Gasteiger partial charge in [0.25, 0.3) is 5.36 Å². The highest BCUT2D eigenvalue weighted by molar-refractivity contribution is 5.04. The van der Waals surface area contributed by atoms with E-state index in [0.29, 0.717) is 14.8 Å². The third-order valence-corrected chi connectivity index (χ3v) is 2.85. The van der Waals surface area contributed by atoms with Crippen LogP contribution in [-0.4, -0.2) is 36.6 Å². The van der Waals surface area contributed by atoms with Gasteiger partial charge in [-0.25, -0.2) is 10.6 Å². The fraction of sp³-hybridized carbons (Fsp3) is 0.455. The molecule has 0 bridgehead atoms. The number of nitrogens with two attached hydrogens (primary N) is 1. The highest BCUT2D eigenvalue weighted by Gasteiger charge is 2.53. The third kappa shape index (κ3) is 2.16. The van der Waals surface area contributed by atoms with Gasteiger partial charge in [0.2, 0.25) is 0 Å². The maximum atomic E-state index is 12.3. The second kappa shape index (κ2) is 5.59. The van der Waals surface area contributed by atoms with Gasteiger partial charge in [-0.05, 0) is 11.3 Å². The van der Waals surface area contributed by atoms with Crippen molar-refractivity contribution >= 4 is 0 Å². The Hall–Kier alpha value is -1.94. The Morgan fingerprint density at radius 2 is 2.00 bits per heavy atom. The zero-order valence-electron chi connectivity index (χ0n) is 10.9. The molecular formula is C11H16N4O5. The van der Waals surface area contributed by atoms with Crippen LogP contribution < -0.4 is 26.0 Å². The number of fused-ring (bicyclic) bond motifs is 1. The number of hydrogen-bond donors (Lipinski definition) is 2. The molecule has 1 atom stereocenters. The summed E-state index contributed by atoms with van der Waals surface area (Å²) in [5.74, 6) is -2.12. The van der Waals surface area contributed by atoms with Gasteiger partial charge in [-0.2, -0.15) is 0 Å². The van der Waals surface area contributed by atoms with Crippen LogP contribution >= 0.6 is 0 Å². The molecule has 20 heavy (non-hydrogen) atoms.